The minimum absolute atomic E-state index is 0.127. The fraction of sp³-hybridized carbons (Fsp3) is 0.0345. The minimum Gasteiger partial charge on any atom is -0.372 e. The molecule has 1 amide bonds. The van der Waals surface area contributed by atoms with E-state index >= 15 is 0 Å². The number of aromatic nitrogens is 1. The van der Waals surface area contributed by atoms with Gasteiger partial charge < -0.3 is 5.11 Å². The van der Waals surface area contributed by atoms with Gasteiger partial charge in [0.25, 0.3) is 5.91 Å². The van der Waals surface area contributed by atoms with E-state index in [0.717, 1.165) is 21.9 Å². The molecule has 0 saturated carbocycles. The highest BCUT2D eigenvalue weighted by atomic mass is 35.5. The third kappa shape index (κ3) is 3.77. The molecule has 7 nitrogen and oxygen atoms in total. The van der Waals surface area contributed by atoms with Gasteiger partial charge in [-0.2, -0.15) is 0 Å². The third-order valence-corrected chi connectivity index (χ3v) is 7.98. The highest BCUT2D eigenvalue weighted by Crippen LogP contribution is 2.50. The van der Waals surface area contributed by atoms with Crippen LogP contribution in [0.1, 0.15) is 11.1 Å². The number of aliphatic hydroxyl groups is 1. The van der Waals surface area contributed by atoms with Gasteiger partial charge in [0, 0.05) is 28.4 Å². The smallest absolute Gasteiger partial charge is 0.273 e. The van der Waals surface area contributed by atoms with Gasteiger partial charge in [0.2, 0.25) is 10.0 Å². The van der Waals surface area contributed by atoms with Gasteiger partial charge in [0.05, 0.1) is 16.3 Å². The Hall–Kier alpha value is -4.08. The molecule has 2 heterocycles. The summed E-state index contributed by atoms with van der Waals surface area (Å²) in [6.07, 6.45) is 3.47. The molecular weight excluding hydrogens is 522 g/mol. The molecule has 4 aromatic carbocycles. The number of nitrogens with two attached hydrogens (primary N) is 1. The Labute approximate surface area is 223 Å². The zero-order valence-electron chi connectivity index (χ0n) is 19.7. The quantitative estimate of drug-likeness (QED) is 0.328. The van der Waals surface area contributed by atoms with Crippen LogP contribution in [0.5, 0.6) is 0 Å². The van der Waals surface area contributed by atoms with Crippen LogP contribution in [-0.2, 0) is 20.4 Å². The number of carbonyl (C=O) groups excluding carboxylic acids is 1. The maximum Gasteiger partial charge on any atom is 0.273 e. The molecule has 0 fully saturated rings. The van der Waals surface area contributed by atoms with Crippen LogP contribution in [0.2, 0.25) is 5.02 Å². The summed E-state index contributed by atoms with van der Waals surface area (Å²) in [5.74, 6) is -0.608. The summed E-state index contributed by atoms with van der Waals surface area (Å²) in [6.45, 7) is 0. The Morgan fingerprint density at radius 3 is 2.29 bits per heavy atom. The molecule has 6 rings (SSSR count). The standard InChI is InChI=1S/C29H20ClN3O4S/c30-22-7-11-27-25(17-22)29(35,21-5-8-23(9-6-21)38(31,36)37)28(34)33(27)26-3-1-2-20-16-19(4-10-24(20)26)18-12-14-32-15-13-18/h1-17,35H,(H2,31,36,37). The topological polar surface area (TPSA) is 114 Å². The number of carbonyl (C=O) groups is 1. The maximum atomic E-state index is 14.1. The van der Waals surface area contributed by atoms with Crippen LogP contribution in [0.4, 0.5) is 11.4 Å². The third-order valence-electron chi connectivity index (χ3n) is 6.81. The number of benzene rings is 4. The number of halogens is 1. The Morgan fingerprint density at radius 1 is 0.842 bits per heavy atom. The van der Waals surface area contributed by atoms with E-state index in [0.29, 0.717) is 22.0 Å². The minimum atomic E-state index is -3.95. The first-order valence-electron chi connectivity index (χ1n) is 11.6. The molecule has 1 aliphatic heterocycles. The number of hydrogen-bond donors (Lipinski definition) is 2. The average Bonchev–Trinajstić information content (AvgIpc) is 3.14. The van der Waals surface area contributed by atoms with Crippen LogP contribution < -0.4 is 10.0 Å². The predicted octanol–water partition coefficient (Wildman–Crippen LogP) is 5.12. The summed E-state index contributed by atoms with van der Waals surface area (Å²) >= 11 is 6.29. The molecule has 0 saturated heterocycles. The molecule has 188 valence electrons. The van der Waals surface area contributed by atoms with Crippen molar-refractivity contribution < 1.29 is 18.3 Å². The van der Waals surface area contributed by atoms with Crippen molar-refractivity contribution >= 4 is 49.7 Å². The van der Waals surface area contributed by atoms with Gasteiger partial charge in [-0.1, -0.05) is 48.0 Å². The van der Waals surface area contributed by atoms with Crippen molar-refractivity contribution in [2.24, 2.45) is 5.14 Å². The van der Waals surface area contributed by atoms with Crippen LogP contribution >= 0.6 is 11.6 Å². The fourth-order valence-electron chi connectivity index (χ4n) is 4.97. The summed E-state index contributed by atoms with van der Waals surface area (Å²) in [4.78, 5) is 19.5. The van der Waals surface area contributed by atoms with Gasteiger partial charge in [0.15, 0.2) is 5.60 Å². The molecule has 1 aliphatic rings. The van der Waals surface area contributed by atoms with E-state index in [1.165, 1.54) is 29.2 Å². The zero-order chi connectivity index (χ0) is 26.7. The second-order valence-corrected chi connectivity index (χ2v) is 11.0. The first-order chi connectivity index (χ1) is 18.2. The normalized spacial score (nSPS) is 17.1. The van der Waals surface area contributed by atoms with Crippen molar-refractivity contribution in [3.8, 4) is 11.1 Å². The number of primary sulfonamides is 1. The van der Waals surface area contributed by atoms with Crippen molar-refractivity contribution in [3.05, 3.63) is 120 Å². The number of hydrogen-bond acceptors (Lipinski definition) is 5. The number of pyridine rings is 1. The van der Waals surface area contributed by atoms with E-state index in [1.807, 2.05) is 48.5 Å². The van der Waals surface area contributed by atoms with Gasteiger partial charge in [-0.3, -0.25) is 14.7 Å². The van der Waals surface area contributed by atoms with E-state index in [4.69, 9.17) is 16.7 Å². The highest BCUT2D eigenvalue weighted by Gasteiger charge is 2.52. The Bertz CT molecular complexity index is 1840. The number of anilines is 2. The van der Waals surface area contributed by atoms with E-state index in [2.05, 4.69) is 4.98 Å². The number of sulfonamides is 1. The molecule has 9 heteroatoms. The van der Waals surface area contributed by atoms with Crippen molar-refractivity contribution in [1.29, 1.82) is 0 Å². The molecule has 0 bridgehead atoms. The Balaban J connectivity index is 1.52. The molecule has 3 N–H and O–H groups in total. The van der Waals surface area contributed by atoms with E-state index in [-0.39, 0.29) is 10.5 Å². The zero-order valence-corrected chi connectivity index (χ0v) is 21.3. The van der Waals surface area contributed by atoms with Gasteiger partial charge >= 0.3 is 0 Å². The number of fused-ring (bicyclic) bond motifs is 2. The lowest BCUT2D eigenvalue weighted by Crippen LogP contribution is -2.39. The first-order valence-corrected chi connectivity index (χ1v) is 13.5. The molecule has 38 heavy (non-hydrogen) atoms. The lowest BCUT2D eigenvalue weighted by atomic mass is 9.87. The van der Waals surface area contributed by atoms with Crippen LogP contribution in [0.3, 0.4) is 0 Å². The fourth-order valence-corrected chi connectivity index (χ4v) is 5.66. The summed E-state index contributed by atoms with van der Waals surface area (Å²) in [7, 11) is -3.95. The van der Waals surface area contributed by atoms with Crippen LogP contribution in [0.15, 0.2) is 108 Å². The number of nitrogens with zero attached hydrogens (tertiary/aromatic N) is 2. The van der Waals surface area contributed by atoms with Gasteiger partial charge in [-0.25, -0.2) is 13.6 Å². The molecule has 1 atom stereocenters. The summed E-state index contributed by atoms with van der Waals surface area (Å²) in [5, 5.41) is 19.3. The predicted molar refractivity (Wildman–Crippen MR) is 147 cm³/mol. The molecule has 0 aliphatic carbocycles. The van der Waals surface area contributed by atoms with E-state index in [1.54, 1.807) is 30.6 Å². The first kappa shape index (κ1) is 24.3. The van der Waals surface area contributed by atoms with Crippen LogP contribution in [0, 0.1) is 0 Å². The SMILES string of the molecule is NS(=O)(=O)c1ccc(C2(O)C(=O)N(c3cccc4cc(-c5ccncc5)ccc34)c3ccc(Cl)cc32)cc1. The maximum absolute atomic E-state index is 14.1. The summed E-state index contributed by atoms with van der Waals surface area (Å²) in [6, 6.07) is 25.6. The largest absolute Gasteiger partial charge is 0.372 e. The Kier molecular flexibility index (Phi) is 5.59. The molecule has 0 radical (unpaired) electrons. The van der Waals surface area contributed by atoms with E-state index in [9.17, 15) is 18.3 Å². The molecule has 1 unspecified atom stereocenters. The lowest BCUT2D eigenvalue weighted by Gasteiger charge is -2.25. The van der Waals surface area contributed by atoms with Crippen molar-refractivity contribution in [2.45, 2.75) is 10.5 Å². The summed E-state index contributed by atoms with van der Waals surface area (Å²) < 4.78 is 23.5. The molecule has 0 spiro atoms. The molecule has 5 aromatic rings. The van der Waals surface area contributed by atoms with Crippen LogP contribution in [-0.4, -0.2) is 24.4 Å². The second-order valence-electron chi connectivity index (χ2n) is 9.03. The van der Waals surface area contributed by atoms with Crippen LogP contribution in [0.25, 0.3) is 21.9 Å². The van der Waals surface area contributed by atoms with Gasteiger partial charge in [0.1, 0.15) is 0 Å². The molecule has 1 aromatic heterocycles. The van der Waals surface area contributed by atoms with Crippen molar-refractivity contribution in [1.82, 2.24) is 4.98 Å². The number of amides is 1. The van der Waals surface area contributed by atoms with Gasteiger partial charge in [-0.15, -0.1) is 0 Å². The number of rotatable bonds is 4. The second kappa shape index (κ2) is 8.75. The summed E-state index contributed by atoms with van der Waals surface area (Å²) in [5.41, 5.74) is 1.48. The highest BCUT2D eigenvalue weighted by molar-refractivity contribution is 7.89. The van der Waals surface area contributed by atoms with Gasteiger partial charge in [-0.05, 0) is 76.7 Å². The lowest BCUT2D eigenvalue weighted by molar-refractivity contribution is -0.131. The monoisotopic (exact) mass is 541 g/mol. The van der Waals surface area contributed by atoms with E-state index < -0.39 is 21.5 Å². The Morgan fingerprint density at radius 2 is 1.58 bits per heavy atom. The molecular formula is C29H20ClN3O4S. The average molecular weight is 542 g/mol. The van der Waals surface area contributed by atoms with Crippen molar-refractivity contribution in [3.63, 3.8) is 0 Å². The van der Waals surface area contributed by atoms with Crippen molar-refractivity contribution in [2.75, 3.05) is 4.90 Å².